The Balaban J connectivity index is 2.61. The van der Waals surface area contributed by atoms with E-state index in [1.807, 2.05) is 0 Å². The molecular formula is C12H11NO4S. The fourth-order valence-corrected chi connectivity index (χ4v) is 1.97. The van der Waals surface area contributed by atoms with E-state index >= 15 is 0 Å². The standard InChI is InChI=1S/C12H11NO4S/c13-11(15)3-1-2-8-4-6-10(18-8)9(14)5-7-12(16)17/h4,6H,3,5,7H2,(H2,13,15)(H,16,17). The summed E-state index contributed by atoms with van der Waals surface area (Å²) in [5.41, 5.74) is 4.93. The van der Waals surface area contributed by atoms with Crippen molar-refractivity contribution < 1.29 is 19.5 Å². The molecule has 1 aromatic heterocycles. The van der Waals surface area contributed by atoms with Crippen LogP contribution in [0.25, 0.3) is 0 Å². The maximum atomic E-state index is 11.6. The fourth-order valence-electron chi connectivity index (χ4n) is 1.12. The maximum Gasteiger partial charge on any atom is 0.303 e. The number of thiophene rings is 1. The molecule has 0 unspecified atom stereocenters. The third-order valence-corrected chi connectivity index (χ3v) is 2.96. The minimum atomic E-state index is -0.999. The number of carboxylic acids is 1. The molecule has 5 nitrogen and oxygen atoms in total. The van der Waals surface area contributed by atoms with Gasteiger partial charge in [0.25, 0.3) is 0 Å². The molecule has 1 aromatic rings. The van der Waals surface area contributed by atoms with Gasteiger partial charge in [-0.25, -0.2) is 0 Å². The molecule has 0 fully saturated rings. The molecule has 0 aliphatic rings. The van der Waals surface area contributed by atoms with Crippen LogP contribution in [-0.2, 0) is 9.59 Å². The van der Waals surface area contributed by atoms with E-state index in [1.54, 1.807) is 12.1 Å². The summed E-state index contributed by atoms with van der Waals surface area (Å²) in [6.45, 7) is 0. The number of hydrogen-bond donors (Lipinski definition) is 2. The van der Waals surface area contributed by atoms with Gasteiger partial charge in [-0.15, -0.1) is 11.3 Å². The molecule has 18 heavy (non-hydrogen) atoms. The smallest absolute Gasteiger partial charge is 0.303 e. The molecule has 0 spiro atoms. The lowest BCUT2D eigenvalue weighted by molar-refractivity contribution is -0.137. The first kappa shape index (κ1) is 13.9. The van der Waals surface area contributed by atoms with Gasteiger partial charge in [-0.1, -0.05) is 11.8 Å². The quantitative estimate of drug-likeness (QED) is 0.613. The zero-order valence-electron chi connectivity index (χ0n) is 9.43. The van der Waals surface area contributed by atoms with Gasteiger partial charge in [-0.05, 0) is 12.1 Å². The van der Waals surface area contributed by atoms with Crippen LogP contribution in [-0.4, -0.2) is 22.8 Å². The van der Waals surface area contributed by atoms with E-state index in [4.69, 9.17) is 10.8 Å². The molecule has 94 valence electrons. The molecule has 3 N–H and O–H groups in total. The number of Topliss-reactive ketones (excluding diaryl/α,β-unsaturated/α-hetero) is 1. The summed E-state index contributed by atoms with van der Waals surface area (Å²) in [4.78, 5) is 33.5. The number of nitrogens with two attached hydrogens (primary N) is 1. The first-order valence-corrected chi connectivity index (χ1v) is 5.92. The number of hydrogen-bond acceptors (Lipinski definition) is 4. The molecule has 0 bridgehead atoms. The highest BCUT2D eigenvalue weighted by atomic mass is 32.1. The second-order valence-electron chi connectivity index (χ2n) is 3.43. The van der Waals surface area contributed by atoms with E-state index in [-0.39, 0.29) is 25.0 Å². The van der Waals surface area contributed by atoms with Gasteiger partial charge in [0.2, 0.25) is 5.91 Å². The predicted octanol–water partition coefficient (Wildman–Crippen LogP) is 1.02. The topological polar surface area (TPSA) is 97.5 Å². The Morgan fingerprint density at radius 1 is 1.28 bits per heavy atom. The highest BCUT2D eigenvalue weighted by Gasteiger charge is 2.10. The van der Waals surface area contributed by atoms with Crippen molar-refractivity contribution in [3.8, 4) is 11.8 Å². The Hall–Kier alpha value is -2.13. The Morgan fingerprint density at radius 3 is 2.61 bits per heavy atom. The van der Waals surface area contributed by atoms with Crippen molar-refractivity contribution in [3.63, 3.8) is 0 Å². The normalized spacial score (nSPS) is 9.33. The average Bonchev–Trinajstić information content (AvgIpc) is 2.74. The van der Waals surface area contributed by atoms with Crippen LogP contribution in [0.4, 0.5) is 0 Å². The molecule has 0 aliphatic carbocycles. The van der Waals surface area contributed by atoms with E-state index in [2.05, 4.69) is 11.8 Å². The zero-order chi connectivity index (χ0) is 13.5. The van der Waals surface area contributed by atoms with Crippen LogP contribution in [0.15, 0.2) is 12.1 Å². The summed E-state index contributed by atoms with van der Waals surface area (Å²) in [7, 11) is 0. The Labute approximate surface area is 108 Å². The number of rotatable bonds is 5. The summed E-state index contributed by atoms with van der Waals surface area (Å²) in [6, 6.07) is 3.26. The average molecular weight is 265 g/mol. The van der Waals surface area contributed by atoms with Crippen molar-refractivity contribution in [2.75, 3.05) is 0 Å². The van der Waals surface area contributed by atoms with Crippen LogP contribution in [0.3, 0.4) is 0 Å². The van der Waals surface area contributed by atoms with Crippen molar-refractivity contribution in [1.29, 1.82) is 0 Å². The fraction of sp³-hybridized carbons (Fsp3) is 0.250. The first-order valence-electron chi connectivity index (χ1n) is 5.11. The summed E-state index contributed by atoms with van der Waals surface area (Å²) >= 11 is 1.18. The lowest BCUT2D eigenvalue weighted by Gasteiger charge is -1.93. The highest BCUT2D eigenvalue weighted by Crippen LogP contribution is 2.17. The SMILES string of the molecule is NC(=O)CC#Cc1ccc(C(=O)CCC(=O)O)s1. The largest absolute Gasteiger partial charge is 0.481 e. The predicted molar refractivity (Wildman–Crippen MR) is 66.2 cm³/mol. The summed E-state index contributed by atoms with van der Waals surface area (Å²) in [6.07, 6.45) is -0.233. The number of aliphatic carboxylic acids is 1. The van der Waals surface area contributed by atoms with E-state index in [0.717, 1.165) is 0 Å². The molecule has 0 atom stereocenters. The van der Waals surface area contributed by atoms with Gasteiger partial charge >= 0.3 is 5.97 Å². The van der Waals surface area contributed by atoms with Gasteiger partial charge in [-0.3, -0.25) is 14.4 Å². The van der Waals surface area contributed by atoms with E-state index in [9.17, 15) is 14.4 Å². The molecule has 6 heteroatoms. The molecule has 0 radical (unpaired) electrons. The minimum absolute atomic E-state index is 0.0238. The summed E-state index contributed by atoms with van der Waals surface area (Å²) < 4.78 is 0. The molecule has 0 saturated heterocycles. The van der Waals surface area contributed by atoms with Crippen molar-refractivity contribution in [3.05, 3.63) is 21.9 Å². The number of amides is 1. The Bertz CT molecular complexity index is 536. The van der Waals surface area contributed by atoms with E-state index < -0.39 is 11.9 Å². The van der Waals surface area contributed by atoms with Gasteiger partial charge in [0.1, 0.15) is 0 Å². The number of carbonyl (C=O) groups excluding carboxylic acids is 2. The third kappa shape index (κ3) is 4.80. The van der Waals surface area contributed by atoms with Crippen LogP contribution in [0.1, 0.15) is 33.8 Å². The summed E-state index contributed by atoms with van der Waals surface area (Å²) in [5.74, 6) is 3.58. The van der Waals surface area contributed by atoms with Gasteiger partial charge < -0.3 is 10.8 Å². The van der Waals surface area contributed by atoms with Crippen molar-refractivity contribution in [1.82, 2.24) is 0 Å². The highest BCUT2D eigenvalue weighted by molar-refractivity contribution is 7.14. The van der Waals surface area contributed by atoms with Crippen molar-refractivity contribution >= 4 is 29.0 Å². The number of ketones is 1. The van der Waals surface area contributed by atoms with Crippen molar-refractivity contribution in [2.24, 2.45) is 5.73 Å². The third-order valence-electron chi connectivity index (χ3n) is 1.92. The molecule has 1 heterocycles. The van der Waals surface area contributed by atoms with Crippen LogP contribution in [0.2, 0.25) is 0 Å². The van der Waals surface area contributed by atoms with E-state index in [1.165, 1.54) is 11.3 Å². The van der Waals surface area contributed by atoms with Gasteiger partial charge in [0.05, 0.1) is 22.6 Å². The minimum Gasteiger partial charge on any atom is -0.481 e. The van der Waals surface area contributed by atoms with Gasteiger partial charge in [-0.2, -0.15) is 0 Å². The monoisotopic (exact) mass is 265 g/mol. The van der Waals surface area contributed by atoms with Crippen molar-refractivity contribution in [2.45, 2.75) is 19.3 Å². The van der Waals surface area contributed by atoms with Crippen LogP contribution in [0, 0.1) is 11.8 Å². The van der Waals surface area contributed by atoms with Crippen LogP contribution in [0.5, 0.6) is 0 Å². The zero-order valence-corrected chi connectivity index (χ0v) is 10.3. The Morgan fingerprint density at radius 2 is 2.00 bits per heavy atom. The summed E-state index contributed by atoms with van der Waals surface area (Å²) in [5, 5.41) is 8.47. The molecule has 0 saturated carbocycles. The molecule has 0 aliphatic heterocycles. The second-order valence-corrected chi connectivity index (χ2v) is 4.51. The van der Waals surface area contributed by atoms with E-state index in [0.29, 0.717) is 9.75 Å². The second kappa shape index (κ2) is 6.57. The van der Waals surface area contributed by atoms with Gasteiger partial charge in [0.15, 0.2) is 5.78 Å². The molecule has 0 aromatic carbocycles. The molecule has 1 rings (SSSR count). The number of carboxylic acid groups (broad SMARTS) is 1. The lowest BCUT2D eigenvalue weighted by atomic mass is 10.2. The molecular weight excluding hydrogens is 254 g/mol. The Kier molecular flexibility index (Phi) is 5.08. The lowest BCUT2D eigenvalue weighted by Crippen LogP contribution is -2.08. The molecule has 1 amide bonds. The van der Waals surface area contributed by atoms with Crippen LogP contribution >= 0.6 is 11.3 Å². The maximum absolute atomic E-state index is 11.6. The van der Waals surface area contributed by atoms with Gasteiger partial charge in [0, 0.05) is 6.42 Å². The van der Waals surface area contributed by atoms with Crippen LogP contribution < -0.4 is 5.73 Å². The number of primary amides is 1. The first-order chi connectivity index (χ1) is 8.49. The number of carbonyl (C=O) groups is 3.